The Hall–Kier alpha value is -8.20. The molecule has 0 bridgehead atoms. The van der Waals surface area contributed by atoms with Gasteiger partial charge in [0.2, 0.25) is 0 Å². The molecule has 0 N–H and O–H groups in total. The smallest absolute Gasteiger partial charge is 0.0625 e. The number of hydrogen-bond donors (Lipinski definition) is 0. The molecule has 1 heterocycles. The van der Waals surface area contributed by atoms with Gasteiger partial charge in [-0.25, -0.2) is 0 Å². The fourth-order valence-electron chi connectivity index (χ4n) is 11.0. The summed E-state index contributed by atoms with van der Waals surface area (Å²) in [7, 11) is 0. The van der Waals surface area contributed by atoms with Crippen LogP contribution in [-0.4, -0.2) is 4.57 Å². The molecule has 2 heteroatoms. The molecule has 0 saturated heterocycles. The first-order valence-electron chi connectivity index (χ1n) is 22.7. The van der Waals surface area contributed by atoms with Crippen molar-refractivity contribution in [2.75, 3.05) is 4.90 Å². The van der Waals surface area contributed by atoms with Gasteiger partial charge in [-0.2, -0.15) is 0 Å². The number of fused-ring (bicyclic) bond motifs is 12. The molecule has 1 aliphatic carbocycles. The molecule has 1 aliphatic rings. The minimum Gasteiger partial charge on any atom is -0.310 e. The molecule has 12 aromatic rings. The second-order valence-corrected chi connectivity index (χ2v) is 18.1. The summed E-state index contributed by atoms with van der Waals surface area (Å²) in [4.78, 5) is 2.42. The Morgan fingerprint density at radius 3 is 1.71 bits per heavy atom. The zero-order valence-electron chi connectivity index (χ0n) is 36.3. The number of rotatable bonds is 6. The fourth-order valence-corrected chi connectivity index (χ4v) is 11.0. The van der Waals surface area contributed by atoms with Crippen LogP contribution in [-0.2, 0) is 5.41 Å². The zero-order valence-corrected chi connectivity index (χ0v) is 36.3. The van der Waals surface area contributed by atoms with E-state index in [-0.39, 0.29) is 5.41 Å². The van der Waals surface area contributed by atoms with Crippen LogP contribution in [0.1, 0.15) is 25.0 Å². The standard InChI is InChI=1S/C63H44N2/c1-63(2)58-23-13-12-20-53(58)54-36-35-50(40-59(54)63)64(49-34-28-42-16-6-7-17-45(42)38-49)47-30-26-44(27-31-47)46-29-37-60-57(39-46)61-55-21-10-8-18-51(55)52-19-9-11-22-56(52)62(61)65(60)48-32-24-43(25-33-48)41-14-4-3-5-15-41/h3-40H,1-2H3. The molecular formula is C63H44N2. The number of nitrogens with zero attached hydrogens (tertiary/aromatic N) is 2. The van der Waals surface area contributed by atoms with E-state index in [2.05, 4.69) is 254 Å². The van der Waals surface area contributed by atoms with Gasteiger partial charge in [0.25, 0.3) is 0 Å². The monoisotopic (exact) mass is 828 g/mol. The number of anilines is 3. The fraction of sp³-hybridized carbons (Fsp3) is 0.0476. The average Bonchev–Trinajstić information content (AvgIpc) is 3.83. The van der Waals surface area contributed by atoms with Crippen LogP contribution in [0.15, 0.2) is 231 Å². The quantitative estimate of drug-likeness (QED) is 0.152. The molecule has 0 radical (unpaired) electrons. The highest BCUT2D eigenvalue weighted by Crippen LogP contribution is 2.51. The van der Waals surface area contributed by atoms with Crippen LogP contribution in [0.3, 0.4) is 0 Å². The van der Waals surface area contributed by atoms with Gasteiger partial charge < -0.3 is 9.47 Å². The maximum atomic E-state index is 2.49. The van der Waals surface area contributed by atoms with Crippen molar-refractivity contribution in [1.29, 1.82) is 0 Å². The second kappa shape index (κ2) is 14.4. The van der Waals surface area contributed by atoms with Gasteiger partial charge in [0.15, 0.2) is 0 Å². The third-order valence-corrected chi connectivity index (χ3v) is 14.1. The number of benzene rings is 11. The predicted octanol–water partition coefficient (Wildman–Crippen LogP) is 17.4. The Kier molecular flexibility index (Phi) is 8.29. The van der Waals surface area contributed by atoms with Crippen LogP contribution in [0, 0.1) is 0 Å². The highest BCUT2D eigenvalue weighted by molar-refractivity contribution is 6.32. The lowest BCUT2D eigenvalue weighted by Crippen LogP contribution is -2.16. The van der Waals surface area contributed by atoms with E-state index in [1.165, 1.54) is 98.6 Å². The van der Waals surface area contributed by atoms with Crippen LogP contribution in [0.5, 0.6) is 0 Å². The first-order valence-corrected chi connectivity index (χ1v) is 22.7. The van der Waals surface area contributed by atoms with Crippen molar-refractivity contribution in [3.05, 3.63) is 242 Å². The van der Waals surface area contributed by atoms with Crippen LogP contribution < -0.4 is 4.90 Å². The lowest BCUT2D eigenvalue weighted by molar-refractivity contribution is 0.660. The van der Waals surface area contributed by atoms with Crippen molar-refractivity contribution < 1.29 is 0 Å². The summed E-state index contributed by atoms with van der Waals surface area (Å²) in [5.41, 5.74) is 17.1. The Morgan fingerprint density at radius 1 is 0.354 bits per heavy atom. The Balaban J connectivity index is 0.969. The van der Waals surface area contributed by atoms with E-state index in [0.29, 0.717) is 0 Å². The van der Waals surface area contributed by atoms with Gasteiger partial charge in [-0.3, -0.25) is 0 Å². The summed E-state index contributed by atoms with van der Waals surface area (Å²) in [6.07, 6.45) is 0. The lowest BCUT2D eigenvalue weighted by Gasteiger charge is -2.28. The third-order valence-electron chi connectivity index (χ3n) is 14.1. The molecule has 0 spiro atoms. The molecule has 65 heavy (non-hydrogen) atoms. The Labute approximate surface area is 378 Å². The van der Waals surface area contributed by atoms with Crippen LogP contribution in [0.4, 0.5) is 17.1 Å². The van der Waals surface area contributed by atoms with E-state index < -0.39 is 0 Å². The van der Waals surface area contributed by atoms with Gasteiger partial charge in [0.1, 0.15) is 0 Å². The lowest BCUT2D eigenvalue weighted by atomic mass is 9.82. The molecule has 0 unspecified atom stereocenters. The van der Waals surface area contributed by atoms with Crippen LogP contribution >= 0.6 is 0 Å². The molecule has 13 rings (SSSR count). The Bertz CT molecular complexity index is 3840. The van der Waals surface area contributed by atoms with Crippen LogP contribution in [0.2, 0.25) is 0 Å². The molecule has 0 amide bonds. The van der Waals surface area contributed by atoms with E-state index in [0.717, 1.165) is 22.7 Å². The highest BCUT2D eigenvalue weighted by atomic mass is 15.1. The van der Waals surface area contributed by atoms with Crippen molar-refractivity contribution in [2.24, 2.45) is 0 Å². The van der Waals surface area contributed by atoms with Crippen molar-refractivity contribution in [2.45, 2.75) is 19.3 Å². The largest absolute Gasteiger partial charge is 0.310 e. The van der Waals surface area contributed by atoms with E-state index in [4.69, 9.17) is 0 Å². The van der Waals surface area contributed by atoms with Crippen LogP contribution in [0.25, 0.3) is 93.2 Å². The van der Waals surface area contributed by atoms with Gasteiger partial charge in [-0.05, 0) is 132 Å². The molecular weight excluding hydrogens is 785 g/mol. The maximum absolute atomic E-state index is 2.49. The molecule has 0 fully saturated rings. The third kappa shape index (κ3) is 5.81. The molecule has 0 saturated carbocycles. The normalized spacial score (nSPS) is 12.9. The summed E-state index contributed by atoms with van der Waals surface area (Å²) in [6.45, 7) is 4.72. The summed E-state index contributed by atoms with van der Waals surface area (Å²) in [5.74, 6) is 0. The van der Waals surface area contributed by atoms with E-state index in [9.17, 15) is 0 Å². The van der Waals surface area contributed by atoms with Gasteiger partial charge >= 0.3 is 0 Å². The first-order chi connectivity index (χ1) is 32.0. The van der Waals surface area contributed by atoms with Gasteiger partial charge in [0, 0.05) is 44.3 Å². The average molecular weight is 829 g/mol. The van der Waals surface area contributed by atoms with Gasteiger partial charge in [0.05, 0.1) is 11.0 Å². The SMILES string of the molecule is CC1(C)c2ccccc2-c2ccc(N(c3ccc(-c4ccc5c(c4)c4c6ccccc6c6ccccc6c4n5-c4ccc(-c5ccccc5)cc4)cc3)c3ccc4ccccc4c3)cc21. The van der Waals surface area contributed by atoms with Crippen molar-refractivity contribution >= 4 is 71.2 Å². The summed E-state index contributed by atoms with van der Waals surface area (Å²) >= 11 is 0. The van der Waals surface area contributed by atoms with E-state index in [1.54, 1.807) is 0 Å². The summed E-state index contributed by atoms with van der Waals surface area (Å²) in [5, 5.41) is 10.0. The van der Waals surface area contributed by atoms with Crippen molar-refractivity contribution in [3.63, 3.8) is 0 Å². The Morgan fingerprint density at radius 2 is 0.908 bits per heavy atom. The summed E-state index contributed by atoms with van der Waals surface area (Å²) < 4.78 is 2.49. The zero-order chi connectivity index (χ0) is 43.2. The molecule has 1 aromatic heterocycles. The van der Waals surface area contributed by atoms with E-state index in [1.807, 2.05) is 0 Å². The molecule has 2 nitrogen and oxygen atoms in total. The summed E-state index contributed by atoms with van der Waals surface area (Å²) in [6, 6.07) is 85.2. The molecule has 0 atom stereocenters. The van der Waals surface area contributed by atoms with Crippen molar-refractivity contribution in [3.8, 4) is 39.1 Å². The molecule has 0 aliphatic heterocycles. The van der Waals surface area contributed by atoms with Gasteiger partial charge in [-0.15, -0.1) is 0 Å². The van der Waals surface area contributed by atoms with Gasteiger partial charge in [-0.1, -0.05) is 184 Å². The minimum absolute atomic E-state index is 0.105. The topological polar surface area (TPSA) is 8.17 Å². The van der Waals surface area contributed by atoms with E-state index >= 15 is 0 Å². The first kappa shape index (κ1) is 37.4. The predicted molar refractivity (Wildman–Crippen MR) is 276 cm³/mol. The molecule has 11 aromatic carbocycles. The van der Waals surface area contributed by atoms with Crippen molar-refractivity contribution in [1.82, 2.24) is 4.57 Å². The minimum atomic E-state index is -0.105. The molecule has 306 valence electrons. The number of hydrogen-bond acceptors (Lipinski definition) is 1. The number of aromatic nitrogens is 1. The highest BCUT2D eigenvalue weighted by Gasteiger charge is 2.35. The second-order valence-electron chi connectivity index (χ2n) is 18.1. The maximum Gasteiger partial charge on any atom is 0.0625 e.